The number of carbonyl (C=O) groups is 1. The lowest BCUT2D eigenvalue weighted by Gasteiger charge is -2.31. The Morgan fingerprint density at radius 1 is 1.69 bits per heavy atom. The van der Waals surface area contributed by atoms with Crippen LogP contribution in [-0.2, 0) is 4.79 Å². The van der Waals surface area contributed by atoms with Gasteiger partial charge < -0.3 is 10.2 Å². The van der Waals surface area contributed by atoms with Crippen LogP contribution in [0.1, 0.15) is 19.8 Å². The van der Waals surface area contributed by atoms with Crippen LogP contribution in [0.4, 0.5) is 0 Å². The van der Waals surface area contributed by atoms with Crippen molar-refractivity contribution in [3.63, 3.8) is 0 Å². The normalized spacial score (nSPS) is 27.1. The molecule has 1 fully saturated rings. The minimum atomic E-state index is -0.713. The molecule has 0 aliphatic carbocycles. The van der Waals surface area contributed by atoms with Gasteiger partial charge in [-0.05, 0) is 26.3 Å². The summed E-state index contributed by atoms with van der Waals surface area (Å²) < 4.78 is 0. The highest BCUT2D eigenvalue weighted by atomic mass is 16.4. The number of carboxylic acids is 1. The van der Waals surface area contributed by atoms with Crippen molar-refractivity contribution >= 4 is 5.97 Å². The summed E-state index contributed by atoms with van der Waals surface area (Å²) >= 11 is 0. The van der Waals surface area contributed by atoms with Crippen LogP contribution >= 0.6 is 0 Å². The van der Waals surface area contributed by atoms with E-state index in [4.69, 9.17) is 10.2 Å². The van der Waals surface area contributed by atoms with Gasteiger partial charge in [0.2, 0.25) is 0 Å². The minimum absolute atomic E-state index is 0.243. The van der Waals surface area contributed by atoms with Gasteiger partial charge in [0.15, 0.2) is 0 Å². The number of hydrogen-bond acceptors (Lipinski definition) is 3. The highest BCUT2D eigenvalue weighted by Crippen LogP contribution is 2.16. The van der Waals surface area contributed by atoms with Crippen molar-refractivity contribution in [1.29, 1.82) is 0 Å². The van der Waals surface area contributed by atoms with E-state index in [-0.39, 0.29) is 12.0 Å². The molecule has 0 amide bonds. The molecule has 1 heterocycles. The number of β-amino-alcohol motifs (C(OH)–C–C–N with tert-alkyl or cyclic N) is 1. The maximum Gasteiger partial charge on any atom is 0.307 e. The first-order chi connectivity index (χ1) is 6.09. The second-order valence-corrected chi connectivity index (χ2v) is 3.79. The molecule has 0 bridgehead atoms. The van der Waals surface area contributed by atoms with E-state index in [0.717, 1.165) is 19.4 Å². The Kier molecular flexibility index (Phi) is 3.69. The zero-order valence-corrected chi connectivity index (χ0v) is 7.94. The molecule has 0 aromatic rings. The van der Waals surface area contributed by atoms with Crippen LogP contribution in [0.3, 0.4) is 0 Å². The molecule has 0 aromatic heterocycles. The highest BCUT2D eigenvalue weighted by molar-refractivity contribution is 5.70. The van der Waals surface area contributed by atoms with Crippen molar-refractivity contribution in [2.24, 2.45) is 5.92 Å². The van der Waals surface area contributed by atoms with Crippen LogP contribution in [0.5, 0.6) is 0 Å². The Bertz CT molecular complexity index is 182. The molecule has 4 nitrogen and oxygen atoms in total. The highest BCUT2D eigenvalue weighted by Gasteiger charge is 2.25. The van der Waals surface area contributed by atoms with Gasteiger partial charge >= 0.3 is 5.97 Å². The van der Waals surface area contributed by atoms with Crippen molar-refractivity contribution in [2.45, 2.75) is 25.9 Å². The van der Waals surface area contributed by atoms with Gasteiger partial charge in [-0.3, -0.25) is 9.69 Å². The Labute approximate surface area is 78.2 Å². The first-order valence-electron chi connectivity index (χ1n) is 4.73. The maximum absolute atomic E-state index is 10.7. The third kappa shape index (κ3) is 3.32. The van der Waals surface area contributed by atoms with Crippen molar-refractivity contribution in [2.75, 3.05) is 19.6 Å². The van der Waals surface area contributed by atoms with E-state index in [1.165, 1.54) is 0 Å². The zero-order chi connectivity index (χ0) is 9.84. The van der Waals surface area contributed by atoms with E-state index >= 15 is 0 Å². The molecule has 1 aliphatic rings. The fourth-order valence-corrected chi connectivity index (χ4v) is 1.80. The number of aliphatic carboxylic acids is 1. The predicted octanol–water partition coefficient (Wildman–Crippen LogP) is 0.164. The fraction of sp³-hybridized carbons (Fsp3) is 0.889. The molecule has 0 radical (unpaired) electrons. The largest absolute Gasteiger partial charge is 0.481 e. The second-order valence-electron chi connectivity index (χ2n) is 3.79. The third-order valence-electron chi connectivity index (χ3n) is 2.38. The molecule has 2 N–H and O–H groups in total. The topological polar surface area (TPSA) is 60.8 Å². The van der Waals surface area contributed by atoms with Gasteiger partial charge in [-0.25, -0.2) is 0 Å². The minimum Gasteiger partial charge on any atom is -0.481 e. The maximum atomic E-state index is 10.7. The van der Waals surface area contributed by atoms with Crippen LogP contribution in [-0.4, -0.2) is 46.8 Å². The number of aliphatic hydroxyl groups excluding tert-OH is 1. The van der Waals surface area contributed by atoms with E-state index in [2.05, 4.69) is 0 Å². The molecule has 76 valence electrons. The molecule has 13 heavy (non-hydrogen) atoms. The number of hydrogen-bond donors (Lipinski definition) is 2. The molecule has 0 aromatic carbocycles. The molecule has 0 saturated carbocycles. The molecular weight excluding hydrogens is 170 g/mol. The van der Waals surface area contributed by atoms with Gasteiger partial charge in [0.25, 0.3) is 0 Å². The van der Waals surface area contributed by atoms with Crippen LogP contribution in [0, 0.1) is 5.92 Å². The van der Waals surface area contributed by atoms with Crippen LogP contribution in [0.2, 0.25) is 0 Å². The van der Waals surface area contributed by atoms with E-state index < -0.39 is 5.97 Å². The summed E-state index contributed by atoms with van der Waals surface area (Å²) in [6.45, 7) is 3.81. The van der Waals surface area contributed by atoms with Crippen LogP contribution in [0.25, 0.3) is 0 Å². The van der Waals surface area contributed by atoms with Crippen molar-refractivity contribution in [3.05, 3.63) is 0 Å². The first-order valence-corrected chi connectivity index (χ1v) is 4.73. The van der Waals surface area contributed by atoms with Gasteiger partial charge in [0.1, 0.15) is 0 Å². The SMILES string of the molecule is C[C@@H](O)CN1CCC[C@@H](C(=O)O)C1. The molecule has 0 spiro atoms. The van der Waals surface area contributed by atoms with E-state index in [1.54, 1.807) is 6.92 Å². The molecule has 0 unspecified atom stereocenters. The summed E-state index contributed by atoms with van der Waals surface area (Å²) in [5, 5.41) is 17.9. The number of piperidine rings is 1. The third-order valence-corrected chi connectivity index (χ3v) is 2.38. The number of aliphatic hydroxyl groups is 1. The van der Waals surface area contributed by atoms with E-state index in [1.807, 2.05) is 4.90 Å². The van der Waals surface area contributed by atoms with Gasteiger partial charge in [-0.1, -0.05) is 0 Å². The summed E-state index contributed by atoms with van der Waals surface area (Å²) in [7, 11) is 0. The molecule has 2 atom stereocenters. The van der Waals surface area contributed by atoms with Crippen molar-refractivity contribution < 1.29 is 15.0 Å². The fourth-order valence-electron chi connectivity index (χ4n) is 1.80. The monoisotopic (exact) mass is 187 g/mol. The Balaban J connectivity index is 2.37. The standard InChI is InChI=1S/C9H17NO3/c1-7(11)5-10-4-2-3-8(6-10)9(12)13/h7-8,11H,2-6H2,1H3,(H,12,13)/t7-,8-/m1/s1. The Hall–Kier alpha value is -0.610. The summed E-state index contributed by atoms with van der Waals surface area (Å²) in [5.74, 6) is -0.956. The molecule has 1 rings (SSSR count). The molecular formula is C9H17NO3. The molecule has 1 saturated heterocycles. The van der Waals surface area contributed by atoms with Crippen molar-refractivity contribution in [1.82, 2.24) is 4.90 Å². The van der Waals surface area contributed by atoms with Gasteiger partial charge in [0, 0.05) is 13.1 Å². The summed E-state index contributed by atoms with van der Waals surface area (Å²) in [6.07, 6.45) is 1.32. The summed E-state index contributed by atoms with van der Waals surface area (Å²) in [4.78, 5) is 12.7. The average molecular weight is 187 g/mol. The van der Waals surface area contributed by atoms with Crippen molar-refractivity contribution in [3.8, 4) is 0 Å². The number of carboxylic acid groups (broad SMARTS) is 1. The lowest BCUT2D eigenvalue weighted by Crippen LogP contribution is -2.41. The lowest BCUT2D eigenvalue weighted by atomic mass is 9.98. The quantitative estimate of drug-likeness (QED) is 0.661. The van der Waals surface area contributed by atoms with E-state index in [9.17, 15) is 4.79 Å². The average Bonchev–Trinajstić information content (AvgIpc) is 2.03. The summed E-state index contributed by atoms with van der Waals surface area (Å²) in [6, 6.07) is 0. The number of nitrogens with zero attached hydrogens (tertiary/aromatic N) is 1. The first kappa shape index (κ1) is 10.5. The Morgan fingerprint density at radius 3 is 2.92 bits per heavy atom. The van der Waals surface area contributed by atoms with Gasteiger partial charge in [-0.2, -0.15) is 0 Å². The Morgan fingerprint density at radius 2 is 2.38 bits per heavy atom. The molecule has 4 heteroatoms. The smallest absolute Gasteiger partial charge is 0.307 e. The number of rotatable bonds is 3. The van der Waals surface area contributed by atoms with Crippen LogP contribution < -0.4 is 0 Å². The number of likely N-dealkylation sites (tertiary alicyclic amines) is 1. The van der Waals surface area contributed by atoms with Gasteiger partial charge in [-0.15, -0.1) is 0 Å². The van der Waals surface area contributed by atoms with E-state index in [0.29, 0.717) is 13.1 Å². The van der Waals surface area contributed by atoms with Crippen LogP contribution in [0.15, 0.2) is 0 Å². The zero-order valence-electron chi connectivity index (χ0n) is 7.94. The van der Waals surface area contributed by atoms with Gasteiger partial charge in [0.05, 0.1) is 12.0 Å². The second kappa shape index (κ2) is 4.58. The lowest BCUT2D eigenvalue weighted by molar-refractivity contribution is -0.143. The molecule has 1 aliphatic heterocycles. The summed E-state index contributed by atoms with van der Waals surface area (Å²) in [5.41, 5.74) is 0. The predicted molar refractivity (Wildman–Crippen MR) is 48.5 cm³/mol.